The number of nitrogens with zero attached hydrogens (tertiary/aromatic N) is 4. The molecule has 25 heavy (non-hydrogen) atoms. The van der Waals surface area contributed by atoms with Crippen molar-refractivity contribution in [2.24, 2.45) is 0 Å². The molecule has 2 aromatic rings. The molecule has 0 bridgehead atoms. The fourth-order valence-corrected chi connectivity index (χ4v) is 2.10. The third-order valence-electron chi connectivity index (χ3n) is 3.47. The van der Waals surface area contributed by atoms with E-state index in [9.17, 15) is 19.7 Å². The van der Waals surface area contributed by atoms with E-state index in [-0.39, 0.29) is 29.7 Å². The first-order chi connectivity index (χ1) is 11.8. The normalized spacial score (nSPS) is 10.5. The van der Waals surface area contributed by atoms with Crippen LogP contribution in [-0.2, 0) is 6.54 Å². The third kappa shape index (κ3) is 4.34. The highest BCUT2D eigenvalue weighted by Gasteiger charge is 2.21. The zero-order valence-corrected chi connectivity index (χ0v) is 13.6. The average molecular weight is 344 g/mol. The third-order valence-corrected chi connectivity index (χ3v) is 3.47. The Bertz CT molecular complexity index is 787. The molecule has 0 spiro atoms. The van der Waals surface area contributed by atoms with Crippen LogP contribution in [0, 0.1) is 10.1 Å². The van der Waals surface area contributed by atoms with Gasteiger partial charge in [0, 0.05) is 24.7 Å². The van der Waals surface area contributed by atoms with Crippen molar-refractivity contribution in [1.82, 2.24) is 14.9 Å². The Hall–Kier alpha value is -3.36. The minimum atomic E-state index is -1.22. The zero-order chi connectivity index (χ0) is 18.6. The minimum absolute atomic E-state index is 0.0266. The van der Waals surface area contributed by atoms with Crippen molar-refractivity contribution in [3.8, 4) is 0 Å². The molecular weight excluding hydrogens is 328 g/mol. The summed E-state index contributed by atoms with van der Waals surface area (Å²) >= 11 is 0. The number of carbonyl (C=O) groups is 2. The second kappa shape index (κ2) is 7.47. The summed E-state index contributed by atoms with van der Waals surface area (Å²) in [5.41, 5.74) is 0.479. The van der Waals surface area contributed by atoms with Gasteiger partial charge in [0.25, 0.3) is 11.6 Å². The molecule has 1 heterocycles. The molecule has 0 aliphatic rings. The summed E-state index contributed by atoms with van der Waals surface area (Å²) in [6.45, 7) is 3.88. The van der Waals surface area contributed by atoms with Gasteiger partial charge in [-0.3, -0.25) is 14.9 Å². The first-order valence-corrected chi connectivity index (χ1v) is 7.39. The number of carbonyl (C=O) groups excluding carboxylic acids is 1. The fourth-order valence-electron chi connectivity index (χ4n) is 2.10. The van der Waals surface area contributed by atoms with Gasteiger partial charge >= 0.3 is 5.97 Å². The summed E-state index contributed by atoms with van der Waals surface area (Å²) in [5.74, 6) is -1.63. The number of rotatable bonds is 6. The van der Waals surface area contributed by atoms with E-state index in [1.807, 2.05) is 13.8 Å². The van der Waals surface area contributed by atoms with Crippen molar-refractivity contribution in [2.45, 2.75) is 26.4 Å². The number of carboxylic acid groups (broad SMARTS) is 1. The number of carboxylic acids is 1. The van der Waals surface area contributed by atoms with Crippen LogP contribution < -0.4 is 0 Å². The van der Waals surface area contributed by atoms with E-state index >= 15 is 0 Å². The van der Waals surface area contributed by atoms with Crippen LogP contribution >= 0.6 is 0 Å². The average Bonchev–Trinajstić information content (AvgIpc) is 2.59. The van der Waals surface area contributed by atoms with Gasteiger partial charge < -0.3 is 10.0 Å². The molecular formula is C16H16N4O5. The lowest BCUT2D eigenvalue weighted by Gasteiger charge is -2.26. The molecule has 0 radical (unpaired) electrons. The van der Waals surface area contributed by atoms with E-state index in [1.165, 1.54) is 17.0 Å². The quantitative estimate of drug-likeness (QED) is 0.628. The van der Waals surface area contributed by atoms with Gasteiger partial charge in [-0.2, -0.15) is 0 Å². The molecule has 1 N–H and O–H groups in total. The Balaban J connectivity index is 2.20. The van der Waals surface area contributed by atoms with Crippen molar-refractivity contribution >= 4 is 17.6 Å². The minimum Gasteiger partial charge on any atom is -0.476 e. The summed E-state index contributed by atoms with van der Waals surface area (Å²) < 4.78 is 0. The number of amides is 1. The van der Waals surface area contributed by atoms with Crippen LogP contribution in [0.4, 0.5) is 5.69 Å². The molecule has 0 saturated carbocycles. The Morgan fingerprint density at radius 3 is 2.16 bits per heavy atom. The highest BCUT2D eigenvalue weighted by atomic mass is 16.6. The van der Waals surface area contributed by atoms with E-state index in [1.54, 1.807) is 12.1 Å². The number of nitro benzene ring substituents is 1. The zero-order valence-electron chi connectivity index (χ0n) is 13.6. The largest absolute Gasteiger partial charge is 0.476 e. The van der Waals surface area contributed by atoms with Gasteiger partial charge in [0.15, 0.2) is 5.69 Å². The van der Waals surface area contributed by atoms with Crippen molar-refractivity contribution < 1.29 is 19.6 Å². The molecule has 9 nitrogen and oxygen atoms in total. The van der Waals surface area contributed by atoms with Crippen molar-refractivity contribution in [3.05, 3.63) is 63.7 Å². The maximum absolute atomic E-state index is 12.6. The Kier molecular flexibility index (Phi) is 5.38. The van der Waals surface area contributed by atoms with E-state index in [2.05, 4.69) is 9.97 Å². The number of non-ortho nitro benzene ring substituents is 1. The summed E-state index contributed by atoms with van der Waals surface area (Å²) in [5, 5.41) is 19.5. The molecule has 9 heteroatoms. The Morgan fingerprint density at radius 1 is 1.16 bits per heavy atom. The van der Waals surface area contributed by atoms with Gasteiger partial charge in [-0.25, -0.2) is 14.8 Å². The van der Waals surface area contributed by atoms with Gasteiger partial charge in [0.2, 0.25) is 0 Å². The molecule has 1 amide bonds. The highest BCUT2D eigenvalue weighted by Crippen LogP contribution is 2.16. The first-order valence-electron chi connectivity index (χ1n) is 7.39. The number of benzene rings is 1. The topological polar surface area (TPSA) is 127 Å². The Morgan fingerprint density at radius 2 is 1.72 bits per heavy atom. The van der Waals surface area contributed by atoms with E-state index in [0.29, 0.717) is 0 Å². The summed E-state index contributed by atoms with van der Waals surface area (Å²) in [7, 11) is 0. The molecule has 2 rings (SSSR count). The molecule has 0 fully saturated rings. The second-order valence-electron chi connectivity index (χ2n) is 5.54. The molecule has 0 aliphatic heterocycles. The van der Waals surface area contributed by atoms with Crippen LogP contribution in [0.2, 0.25) is 0 Å². The van der Waals surface area contributed by atoms with Crippen LogP contribution in [0.3, 0.4) is 0 Å². The fraction of sp³-hybridized carbons (Fsp3) is 0.250. The predicted molar refractivity (Wildman–Crippen MR) is 87.1 cm³/mol. The van der Waals surface area contributed by atoms with Crippen LogP contribution in [-0.4, -0.2) is 42.8 Å². The lowest BCUT2D eigenvalue weighted by Crippen LogP contribution is -2.37. The van der Waals surface area contributed by atoms with Crippen LogP contribution in [0.15, 0.2) is 36.7 Å². The van der Waals surface area contributed by atoms with Gasteiger partial charge in [-0.05, 0) is 19.4 Å². The summed E-state index contributed by atoms with van der Waals surface area (Å²) in [6, 6.07) is 5.75. The lowest BCUT2D eigenvalue weighted by molar-refractivity contribution is -0.384. The van der Waals surface area contributed by atoms with Gasteiger partial charge in [0.1, 0.15) is 5.69 Å². The van der Waals surface area contributed by atoms with Crippen LogP contribution in [0.1, 0.15) is 40.4 Å². The van der Waals surface area contributed by atoms with Gasteiger partial charge in [-0.1, -0.05) is 12.1 Å². The van der Waals surface area contributed by atoms with Gasteiger partial charge in [0.05, 0.1) is 17.3 Å². The van der Waals surface area contributed by atoms with E-state index in [0.717, 1.165) is 18.0 Å². The lowest BCUT2D eigenvalue weighted by atomic mass is 10.1. The Labute approximate surface area is 143 Å². The number of hydrogen-bond acceptors (Lipinski definition) is 6. The summed E-state index contributed by atoms with van der Waals surface area (Å²) in [4.78, 5) is 42.7. The van der Waals surface area contributed by atoms with Gasteiger partial charge in [-0.15, -0.1) is 0 Å². The molecule has 0 unspecified atom stereocenters. The monoisotopic (exact) mass is 344 g/mol. The molecule has 1 aromatic heterocycles. The molecule has 1 aromatic carbocycles. The number of aromatic carboxylic acids is 1. The first kappa shape index (κ1) is 18.0. The number of aromatic nitrogens is 2. The van der Waals surface area contributed by atoms with E-state index in [4.69, 9.17) is 5.11 Å². The highest BCUT2D eigenvalue weighted by molar-refractivity contribution is 5.93. The van der Waals surface area contributed by atoms with Crippen LogP contribution in [0.25, 0.3) is 0 Å². The smallest absolute Gasteiger partial charge is 0.356 e. The second-order valence-corrected chi connectivity index (χ2v) is 5.54. The molecule has 130 valence electrons. The molecule has 0 aliphatic carbocycles. The SMILES string of the molecule is CC(C)N(Cc1ccc([N+](=O)[O-])cc1)C(=O)c1cnc(C(=O)O)cn1. The van der Waals surface area contributed by atoms with Crippen LogP contribution in [0.5, 0.6) is 0 Å². The molecule has 0 saturated heterocycles. The summed E-state index contributed by atoms with van der Waals surface area (Å²) in [6.07, 6.45) is 2.15. The van der Waals surface area contributed by atoms with Crippen molar-refractivity contribution in [2.75, 3.05) is 0 Å². The maximum atomic E-state index is 12.6. The molecule has 0 atom stereocenters. The number of hydrogen-bond donors (Lipinski definition) is 1. The van der Waals surface area contributed by atoms with Crippen molar-refractivity contribution in [3.63, 3.8) is 0 Å². The standard InChI is InChI=1S/C16H16N4O5/c1-10(2)19(9-11-3-5-12(6-4-11)20(24)25)15(21)13-7-18-14(8-17-13)16(22)23/h3-8,10H,9H2,1-2H3,(H,22,23). The predicted octanol–water partition coefficient (Wildman–Crippen LogP) is 2.13. The maximum Gasteiger partial charge on any atom is 0.356 e. The van der Waals surface area contributed by atoms with Crippen molar-refractivity contribution in [1.29, 1.82) is 0 Å². The number of nitro groups is 1. The van der Waals surface area contributed by atoms with E-state index < -0.39 is 16.8 Å².